The van der Waals surface area contributed by atoms with Crippen LogP contribution >= 0.6 is 0 Å². The van der Waals surface area contributed by atoms with Gasteiger partial charge in [-0.25, -0.2) is 4.68 Å². The van der Waals surface area contributed by atoms with Crippen LogP contribution in [0.1, 0.15) is 18.2 Å². The number of para-hydroxylation sites is 1. The molecule has 25 heavy (non-hydrogen) atoms. The predicted octanol–water partition coefficient (Wildman–Crippen LogP) is 1.09. The first-order valence-electron chi connectivity index (χ1n) is 8.80. The van der Waals surface area contributed by atoms with Crippen LogP contribution in [-0.4, -0.2) is 58.1 Å². The van der Waals surface area contributed by atoms with Crippen LogP contribution < -0.4 is 4.90 Å². The summed E-state index contributed by atoms with van der Waals surface area (Å²) >= 11 is 0. The number of fused-ring (bicyclic) bond motifs is 1. The third kappa shape index (κ3) is 3.43. The number of morpholine rings is 1. The fourth-order valence-corrected chi connectivity index (χ4v) is 3.64. The molecule has 1 saturated heterocycles. The highest BCUT2D eigenvalue weighted by Gasteiger charge is 2.30. The van der Waals surface area contributed by atoms with Crippen molar-refractivity contribution in [3.05, 3.63) is 41.7 Å². The summed E-state index contributed by atoms with van der Waals surface area (Å²) in [6, 6.07) is 8.29. The number of carbonyl (C=O) groups excluding carboxylic acids is 1. The van der Waals surface area contributed by atoms with Gasteiger partial charge in [0.2, 0.25) is 5.91 Å². The summed E-state index contributed by atoms with van der Waals surface area (Å²) in [4.78, 5) is 17.0. The number of hydrogen-bond acceptors (Lipinski definition) is 5. The maximum Gasteiger partial charge on any atom is 0.249 e. The molecule has 0 saturated carbocycles. The minimum Gasteiger partial charge on any atom is -0.379 e. The minimum absolute atomic E-state index is 0.0558. The lowest BCUT2D eigenvalue weighted by atomic mass is 10.1. The van der Waals surface area contributed by atoms with Crippen molar-refractivity contribution in [3.8, 4) is 0 Å². The Labute approximate surface area is 147 Å². The Balaban J connectivity index is 1.41. The van der Waals surface area contributed by atoms with Crippen molar-refractivity contribution in [2.24, 2.45) is 0 Å². The molecule has 1 unspecified atom stereocenters. The number of carbonyl (C=O) groups is 1. The van der Waals surface area contributed by atoms with Crippen molar-refractivity contribution in [1.29, 1.82) is 0 Å². The van der Waals surface area contributed by atoms with Crippen molar-refractivity contribution in [2.75, 3.05) is 31.2 Å². The third-order valence-electron chi connectivity index (χ3n) is 4.85. The van der Waals surface area contributed by atoms with Crippen molar-refractivity contribution in [3.63, 3.8) is 0 Å². The number of amides is 1. The fourth-order valence-electron chi connectivity index (χ4n) is 3.64. The van der Waals surface area contributed by atoms with E-state index in [4.69, 9.17) is 4.74 Å². The van der Waals surface area contributed by atoms with Gasteiger partial charge in [0.25, 0.3) is 0 Å². The average molecular weight is 341 g/mol. The largest absolute Gasteiger partial charge is 0.379 e. The Morgan fingerprint density at radius 2 is 2.08 bits per heavy atom. The summed E-state index contributed by atoms with van der Waals surface area (Å²) in [5.74, 6) is 0.0558. The van der Waals surface area contributed by atoms with Gasteiger partial charge in [0, 0.05) is 31.4 Å². The first kappa shape index (κ1) is 16.2. The van der Waals surface area contributed by atoms with Gasteiger partial charge in [0.05, 0.1) is 25.1 Å². The zero-order chi connectivity index (χ0) is 17.2. The minimum atomic E-state index is 0.0558. The summed E-state index contributed by atoms with van der Waals surface area (Å²) in [6.07, 6.45) is 2.78. The smallest absolute Gasteiger partial charge is 0.249 e. The maximum atomic E-state index is 12.8. The molecule has 0 spiro atoms. The number of rotatable bonds is 4. The third-order valence-corrected chi connectivity index (χ3v) is 4.85. The monoisotopic (exact) mass is 341 g/mol. The lowest BCUT2D eigenvalue weighted by molar-refractivity contribution is -0.119. The van der Waals surface area contributed by atoms with E-state index >= 15 is 0 Å². The highest BCUT2D eigenvalue weighted by atomic mass is 16.5. The summed E-state index contributed by atoms with van der Waals surface area (Å²) in [7, 11) is 0. The van der Waals surface area contributed by atoms with Crippen LogP contribution in [0.3, 0.4) is 0 Å². The zero-order valence-corrected chi connectivity index (χ0v) is 14.5. The van der Waals surface area contributed by atoms with Gasteiger partial charge in [-0.3, -0.25) is 9.69 Å². The summed E-state index contributed by atoms with van der Waals surface area (Å²) in [5.41, 5.74) is 3.15. The molecule has 3 heterocycles. The maximum absolute atomic E-state index is 12.8. The van der Waals surface area contributed by atoms with Crippen molar-refractivity contribution in [1.82, 2.24) is 19.9 Å². The van der Waals surface area contributed by atoms with Gasteiger partial charge in [-0.15, -0.1) is 5.10 Å². The van der Waals surface area contributed by atoms with Gasteiger partial charge in [0.15, 0.2) is 0 Å². The molecule has 0 bridgehead atoms. The first-order valence-corrected chi connectivity index (χ1v) is 8.80. The Kier molecular flexibility index (Phi) is 4.50. The molecule has 2 aromatic rings. The zero-order valence-electron chi connectivity index (χ0n) is 14.5. The molecule has 2 aliphatic heterocycles. The molecule has 1 atom stereocenters. The van der Waals surface area contributed by atoms with Gasteiger partial charge in [0.1, 0.15) is 6.54 Å². The number of ether oxygens (including phenoxy) is 1. The summed E-state index contributed by atoms with van der Waals surface area (Å²) < 4.78 is 7.00. The van der Waals surface area contributed by atoms with E-state index in [2.05, 4.69) is 28.2 Å². The Hall–Kier alpha value is -2.25. The summed E-state index contributed by atoms with van der Waals surface area (Å²) in [5, 5.41) is 8.35. The highest BCUT2D eigenvalue weighted by Crippen LogP contribution is 2.31. The standard InChI is InChI=1S/C18H23N5O2/c1-14-10-15-4-2-3-5-17(15)23(14)18(24)13-22-12-16(19-20-22)11-21-6-8-25-9-7-21/h2-5,12,14H,6-11,13H2,1H3. The highest BCUT2D eigenvalue weighted by molar-refractivity contribution is 5.95. The molecule has 1 aromatic carbocycles. The molecule has 0 aliphatic carbocycles. The van der Waals surface area contributed by atoms with Crippen molar-refractivity contribution in [2.45, 2.75) is 32.5 Å². The van der Waals surface area contributed by atoms with Crippen LogP contribution in [0, 0.1) is 0 Å². The Morgan fingerprint density at radius 1 is 1.28 bits per heavy atom. The van der Waals surface area contributed by atoms with E-state index in [-0.39, 0.29) is 18.5 Å². The normalized spacial score (nSPS) is 20.7. The van der Waals surface area contributed by atoms with E-state index in [0.29, 0.717) is 0 Å². The number of benzene rings is 1. The SMILES string of the molecule is CC1Cc2ccccc2N1C(=O)Cn1cc(CN2CCOCC2)nn1. The molecule has 1 amide bonds. The number of nitrogens with zero attached hydrogens (tertiary/aromatic N) is 5. The van der Waals surface area contributed by atoms with E-state index in [0.717, 1.165) is 50.7 Å². The van der Waals surface area contributed by atoms with Crippen LogP contribution in [0.5, 0.6) is 0 Å². The van der Waals surface area contributed by atoms with Gasteiger partial charge < -0.3 is 9.64 Å². The van der Waals surface area contributed by atoms with Crippen LogP contribution in [0.4, 0.5) is 5.69 Å². The Bertz CT molecular complexity index is 753. The van der Waals surface area contributed by atoms with E-state index in [1.807, 2.05) is 29.3 Å². The van der Waals surface area contributed by atoms with Gasteiger partial charge in [-0.2, -0.15) is 0 Å². The topological polar surface area (TPSA) is 63.5 Å². The van der Waals surface area contributed by atoms with Crippen LogP contribution in [0.15, 0.2) is 30.5 Å². The van der Waals surface area contributed by atoms with E-state index < -0.39 is 0 Å². The van der Waals surface area contributed by atoms with Gasteiger partial charge >= 0.3 is 0 Å². The second-order valence-electron chi connectivity index (χ2n) is 6.74. The molecule has 0 N–H and O–H groups in total. The molecular weight excluding hydrogens is 318 g/mol. The van der Waals surface area contributed by atoms with Crippen molar-refractivity contribution >= 4 is 11.6 Å². The lowest BCUT2D eigenvalue weighted by Crippen LogP contribution is -2.38. The van der Waals surface area contributed by atoms with E-state index in [9.17, 15) is 4.79 Å². The van der Waals surface area contributed by atoms with E-state index in [1.54, 1.807) is 4.68 Å². The van der Waals surface area contributed by atoms with Gasteiger partial charge in [-0.1, -0.05) is 23.4 Å². The molecule has 1 fully saturated rings. The van der Waals surface area contributed by atoms with Crippen LogP contribution in [-0.2, 0) is 29.0 Å². The second-order valence-corrected chi connectivity index (χ2v) is 6.74. The number of hydrogen-bond donors (Lipinski definition) is 0. The fraction of sp³-hybridized carbons (Fsp3) is 0.500. The average Bonchev–Trinajstić information content (AvgIpc) is 3.18. The molecule has 4 rings (SSSR count). The second kappa shape index (κ2) is 6.93. The molecule has 2 aliphatic rings. The summed E-state index contributed by atoms with van der Waals surface area (Å²) in [6.45, 7) is 6.40. The molecule has 0 radical (unpaired) electrons. The van der Waals surface area contributed by atoms with Crippen LogP contribution in [0.25, 0.3) is 0 Å². The Morgan fingerprint density at radius 3 is 2.92 bits per heavy atom. The predicted molar refractivity (Wildman–Crippen MR) is 93.2 cm³/mol. The number of anilines is 1. The molecular formula is C18H23N5O2. The van der Waals surface area contributed by atoms with E-state index in [1.165, 1.54) is 5.56 Å². The van der Waals surface area contributed by atoms with Crippen LogP contribution in [0.2, 0.25) is 0 Å². The first-order chi connectivity index (χ1) is 12.2. The van der Waals surface area contributed by atoms with Crippen molar-refractivity contribution < 1.29 is 9.53 Å². The quantitative estimate of drug-likeness (QED) is 0.833. The lowest BCUT2D eigenvalue weighted by Gasteiger charge is -2.25. The molecule has 1 aromatic heterocycles. The number of aromatic nitrogens is 3. The molecule has 7 heteroatoms. The van der Waals surface area contributed by atoms with Gasteiger partial charge in [-0.05, 0) is 25.0 Å². The molecule has 132 valence electrons. The molecule has 7 nitrogen and oxygen atoms in total.